The second kappa shape index (κ2) is 5.88. The van der Waals surface area contributed by atoms with Crippen molar-refractivity contribution in [3.8, 4) is 0 Å². The monoisotopic (exact) mass is 338 g/mol. The maximum absolute atomic E-state index is 13.0. The minimum Gasteiger partial charge on any atom is -0.306 e. The van der Waals surface area contributed by atoms with Gasteiger partial charge in [-0.2, -0.15) is 0 Å². The quantitative estimate of drug-likeness (QED) is 0.722. The summed E-state index contributed by atoms with van der Waals surface area (Å²) < 4.78 is 0. The fourth-order valence-electron chi connectivity index (χ4n) is 3.96. The van der Waals surface area contributed by atoms with Gasteiger partial charge in [0.05, 0.1) is 11.4 Å². The van der Waals surface area contributed by atoms with E-state index in [2.05, 4.69) is 35.6 Å². The van der Waals surface area contributed by atoms with Crippen LogP contribution in [0.5, 0.6) is 0 Å². The van der Waals surface area contributed by atoms with E-state index in [1.807, 2.05) is 53.4 Å². The molecule has 0 spiro atoms. The van der Waals surface area contributed by atoms with Crippen LogP contribution in [0.25, 0.3) is 11.3 Å². The van der Waals surface area contributed by atoms with Gasteiger partial charge in [0.25, 0.3) is 0 Å². The fourth-order valence-corrected chi connectivity index (χ4v) is 3.96. The number of para-hydroxylation sites is 1. The highest BCUT2D eigenvalue weighted by Crippen LogP contribution is 2.42. The Morgan fingerprint density at radius 1 is 0.769 bits per heavy atom. The molecule has 5 rings (SSSR count). The van der Waals surface area contributed by atoms with Crippen molar-refractivity contribution in [2.24, 2.45) is 0 Å². The molecule has 0 aromatic heterocycles. The first-order valence-corrected chi connectivity index (χ1v) is 8.89. The normalized spacial score (nSPS) is 15.5. The Kier molecular flexibility index (Phi) is 3.39. The van der Waals surface area contributed by atoms with E-state index in [1.165, 1.54) is 5.56 Å². The van der Waals surface area contributed by atoms with E-state index in [9.17, 15) is 4.79 Å². The molecule has 2 aliphatic rings. The van der Waals surface area contributed by atoms with E-state index < -0.39 is 0 Å². The molecule has 3 aromatic rings. The SMILES string of the molecule is O=C1NC(c2ccccc2)=C(c2ccccc2)c2cccc3c2N1CC3. The number of carbonyl (C=O) groups is 1. The van der Waals surface area contributed by atoms with Crippen molar-refractivity contribution < 1.29 is 4.79 Å². The second-order valence-electron chi connectivity index (χ2n) is 6.63. The number of benzene rings is 3. The molecule has 0 saturated carbocycles. The molecule has 0 atom stereocenters. The van der Waals surface area contributed by atoms with Gasteiger partial charge in [-0.1, -0.05) is 78.9 Å². The van der Waals surface area contributed by atoms with Crippen LogP contribution in [0.4, 0.5) is 10.5 Å². The van der Waals surface area contributed by atoms with Gasteiger partial charge >= 0.3 is 6.03 Å². The van der Waals surface area contributed by atoms with Gasteiger partial charge in [-0.25, -0.2) is 4.79 Å². The van der Waals surface area contributed by atoms with Crippen molar-refractivity contribution in [3.05, 3.63) is 101 Å². The highest BCUT2D eigenvalue weighted by Gasteiger charge is 2.33. The van der Waals surface area contributed by atoms with Gasteiger partial charge in [0.2, 0.25) is 0 Å². The van der Waals surface area contributed by atoms with Crippen molar-refractivity contribution in [2.45, 2.75) is 6.42 Å². The molecule has 2 amide bonds. The maximum Gasteiger partial charge on any atom is 0.326 e. The van der Waals surface area contributed by atoms with Crippen LogP contribution in [0.2, 0.25) is 0 Å². The number of hydrogen-bond acceptors (Lipinski definition) is 1. The predicted octanol–water partition coefficient (Wildman–Crippen LogP) is 4.69. The molecular formula is C23H18N2O. The lowest BCUT2D eigenvalue weighted by molar-refractivity contribution is 0.250. The Labute approximate surface area is 152 Å². The van der Waals surface area contributed by atoms with Crippen molar-refractivity contribution in [1.82, 2.24) is 5.32 Å². The molecule has 3 aromatic carbocycles. The maximum atomic E-state index is 13.0. The minimum absolute atomic E-state index is 0.0546. The summed E-state index contributed by atoms with van der Waals surface area (Å²) >= 11 is 0. The van der Waals surface area contributed by atoms with Gasteiger partial charge in [0.1, 0.15) is 0 Å². The summed E-state index contributed by atoms with van der Waals surface area (Å²) in [6, 6.07) is 26.7. The lowest BCUT2D eigenvalue weighted by atomic mass is 9.91. The van der Waals surface area contributed by atoms with Crippen LogP contribution in [0.15, 0.2) is 78.9 Å². The third-order valence-corrected chi connectivity index (χ3v) is 5.12. The van der Waals surface area contributed by atoms with Gasteiger partial charge in [0, 0.05) is 17.7 Å². The summed E-state index contributed by atoms with van der Waals surface area (Å²) in [6.07, 6.45) is 0.902. The molecule has 0 fully saturated rings. The zero-order valence-corrected chi connectivity index (χ0v) is 14.3. The lowest BCUT2D eigenvalue weighted by Gasteiger charge is -2.17. The van der Waals surface area contributed by atoms with Crippen LogP contribution in [0.1, 0.15) is 22.3 Å². The molecule has 26 heavy (non-hydrogen) atoms. The standard InChI is InChI=1S/C23H18N2O/c26-23-24-21(17-10-5-2-6-11-17)20(16-8-3-1-4-9-16)19-13-7-12-18-14-15-25(23)22(18)19/h1-13H,14-15H2,(H,24,26). The Bertz CT molecular complexity index is 1020. The zero-order chi connectivity index (χ0) is 17.5. The number of amides is 2. The highest BCUT2D eigenvalue weighted by atomic mass is 16.2. The topological polar surface area (TPSA) is 32.3 Å². The largest absolute Gasteiger partial charge is 0.326 e. The van der Waals surface area contributed by atoms with E-state index in [-0.39, 0.29) is 6.03 Å². The van der Waals surface area contributed by atoms with Crippen LogP contribution in [-0.2, 0) is 6.42 Å². The summed E-state index contributed by atoms with van der Waals surface area (Å²) in [4.78, 5) is 14.9. The number of rotatable bonds is 2. The Morgan fingerprint density at radius 2 is 1.46 bits per heavy atom. The van der Waals surface area contributed by atoms with Gasteiger partial charge in [-0.15, -0.1) is 0 Å². The first-order valence-electron chi connectivity index (χ1n) is 8.89. The van der Waals surface area contributed by atoms with Crippen molar-refractivity contribution >= 4 is 23.0 Å². The first-order chi connectivity index (χ1) is 12.8. The predicted molar refractivity (Wildman–Crippen MR) is 105 cm³/mol. The van der Waals surface area contributed by atoms with Crippen LogP contribution in [-0.4, -0.2) is 12.6 Å². The van der Waals surface area contributed by atoms with Crippen molar-refractivity contribution in [2.75, 3.05) is 11.4 Å². The van der Waals surface area contributed by atoms with E-state index >= 15 is 0 Å². The molecule has 126 valence electrons. The molecule has 3 nitrogen and oxygen atoms in total. The highest BCUT2D eigenvalue weighted by molar-refractivity contribution is 6.13. The molecule has 0 unspecified atom stereocenters. The molecule has 0 bridgehead atoms. The average Bonchev–Trinajstić information content (AvgIpc) is 3.08. The number of carbonyl (C=O) groups excluding carboxylic acids is 1. The van der Waals surface area contributed by atoms with Crippen LogP contribution in [0, 0.1) is 0 Å². The van der Waals surface area contributed by atoms with Gasteiger partial charge in [-0.05, 0) is 23.1 Å². The van der Waals surface area contributed by atoms with Crippen molar-refractivity contribution in [3.63, 3.8) is 0 Å². The number of nitrogens with one attached hydrogen (secondary N) is 1. The first kappa shape index (κ1) is 15.0. The Morgan fingerprint density at radius 3 is 2.19 bits per heavy atom. The summed E-state index contributed by atoms with van der Waals surface area (Å²) in [5, 5.41) is 3.19. The van der Waals surface area contributed by atoms with Gasteiger partial charge < -0.3 is 5.32 Å². The molecule has 1 N–H and O–H groups in total. The average molecular weight is 338 g/mol. The third kappa shape index (κ3) is 2.25. The molecule has 0 radical (unpaired) electrons. The van der Waals surface area contributed by atoms with E-state index in [0.29, 0.717) is 0 Å². The smallest absolute Gasteiger partial charge is 0.306 e. The molecule has 3 heteroatoms. The van der Waals surface area contributed by atoms with E-state index in [0.717, 1.165) is 46.6 Å². The van der Waals surface area contributed by atoms with E-state index in [4.69, 9.17) is 0 Å². The number of nitrogens with zero attached hydrogens (tertiary/aromatic N) is 1. The summed E-state index contributed by atoms with van der Waals surface area (Å²) in [5.41, 5.74) is 7.46. The Hall–Kier alpha value is -3.33. The fraction of sp³-hybridized carbons (Fsp3) is 0.0870. The molecule has 2 aliphatic heterocycles. The van der Waals surface area contributed by atoms with Gasteiger partial charge in [0.15, 0.2) is 0 Å². The minimum atomic E-state index is -0.0546. The lowest BCUT2D eigenvalue weighted by Crippen LogP contribution is -2.37. The number of urea groups is 1. The third-order valence-electron chi connectivity index (χ3n) is 5.12. The Balaban J connectivity index is 1.87. The number of hydrogen-bond donors (Lipinski definition) is 1. The van der Waals surface area contributed by atoms with Crippen LogP contribution >= 0.6 is 0 Å². The zero-order valence-electron chi connectivity index (χ0n) is 14.3. The summed E-state index contributed by atoms with van der Waals surface area (Å²) in [5.74, 6) is 0. The summed E-state index contributed by atoms with van der Waals surface area (Å²) in [6.45, 7) is 0.725. The number of anilines is 1. The molecule has 0 saturated heterocycles. The van der Waals surface area contributed by atoms with E-state index in [1.54, 1.807) is 0 Å². The summed E-state index contributed by atoms with van der Waals surface area (Å²) in [7, 11) is 0. The van der Waals surface area contributed by atoms with Gasteiger partial charge in [-0.3, -0.25) is 4.90 Å². The van der Waals surface area contributed by atoms with Crippen LogP contribution in [0.3, 0.4) is 0 Å². The van der Waals surface area contributed by atoms with Crippen LogP contribution < -0.4 is 10.2 Å². The molecular weight excluding hydrogens is 320 g/mol. The molecule has 0 aliphatic carbocycles. The molecule has 2 heterocycles. The second-order valence-corrected chi connectivity index (χ2v) is 6.63. The van der Waals surface area contributed by atoms with Crippen molar-refractivity contribution in [1.29, 1.82) is 0 Å².